The van der Waals surface area contributed by atoms with Crippen LogP contribution >= 0.6 is 0 Å². The summed E-state index contributed by atoms with van der Waals surface area (Å²) in [6.07, 6.45) is 0. The van der Waals surface area contributed by atoms with Crippen LogP contribution in [0.2, 0.25) is 0 Å². The number of aryl methyl sites for hydroxylation is 2. The Bertz CT molecular complexity index is 1040. The van der Waals surface area contributed by atoms with Gasteiger partial charge in [-0.25, -0.2) is 0 Å². The van der Waals surface area contributed by atoms with Gasteiger partial charge in [-0.1, -0.05) is 47.5 Å². The van der Waals surface area contributed by atoms with Gasteiger partial charge in [0.15, 0.2) is 0 Å². The molecule has 0 spiro atoms. The Balaban J connectivity index is 2.09. The highest BCUT2D eigenvalue weighted by Gasteiger charge is 2.27. The summed E-state index contributed by atoms with van der Waals surface area (Å²) in [7, 11) is 0. The maximum absolute atomic E-state index is 12.7. The fraction of sp³-hybridized carbons (Fsp3) is 0.385. The molecule has 8 N–H and O–H groups in total. The number of benzene rings is 2. The van der Waals surface area contributed by atoms with Crippen molar-refractivity contribution in [3.05, 3.63) is 69.8 Å². The van der Waals surface area contributed by atoms with Crippen LogP contribution in [0.3, 0.4) is 0 Å². The minimum absolute atomic E-state index is 0.393. The number of carbonyl (C=O) groups is 4. The smallest absolute Gasteiger partial charge is 0.309 e. The number of aliphatic hydroxyl groups excluding tert-OH is 4. The topological polar surface area (TPSA) is 197 Å². The van der Waals surface area contributed by atoms with Crippen molar-refractivity contribution in [2.24, 2.45) is 0 Å². The summed E-state index contributed by atoms with van der Waals surface area (Å²) in [6, 6.07) is 5.63. The van der Waals surface area contributed by atoms with Crippen LogP contribution < -0.4 is 21.3 Å². The lowest BCUT2D eigenvalue weighted by atomic mass is 9.96. The second-order valence-corrected chi connectivity index (χ2v) is 9.19. The Kier molecular flexibility index (Phi) is 9.53. The minimum Gasteiger partial charge on any atom is -0.394 e. The molecule has 12 heteroatoms. The van der Waals surface area contributed by atoms with Crippen molar-refractivity contribution in [1.82, 2.24) is 21.3 Å². The van der Waals surface area contributed by atoms with Crippen molar-refractivity contribution in [2.45, 2.75) is 38.0 Å². The monoisotopic (exact) mass is 528 g/mol. The average molecular weight is 529 g/mol. The molecule has 4 amide bonds. The molecule has 12 nitrogen and oxygen atoms in total. The highest BCUT2D eigenvalue weighted by atomic mass is 16.3. The lowest BCUT2D eigenvalue weighted by Gasteiger charge is -2.24. The first-order valence-electron chi connectivity index (χ1n) is 12.0. The maximum Gasteiger partial charge on any atom is 0.309 e. The third kappa shape index (κ3) is 6.72. The zero-order valence-electron chi connectivity index (χ0n) is 21.0. The second kappa shape index (κ2) is 12.6. The fourth-order valence-electron chi connectivity index (χ4n) is 4.32. The van der Waals surface area contributed by atoms with Crippen LogP contribution in [0.4, 0.5) is 0 Å². The van der Waals surface area contributed by atoms with Crippen molar-refractivity contribution >= 4 is 23.6 Å². The zero-order chi connectivity index (χ0) is 28.0. The van der Waals surface area contributed by atoms with Gasteiger partial charge in [-0.2, -0.15) is 0 Å². The molecular formula is C26H32N4O8. The first-order chi connectivity index (χ1) is 18.1. The van der Waals surface area contributed by atoms with E-state index in [1.165, 1.54) is 12.1 Å². The number of amides is 4. The van der Waals surface area contributed by atoms with E-state index in [4.69, 9.17) is 0 Å². The average Bonchev–Trinajstić information content (AvgIpc) is 2.89. The molecule has 0 saturated carbocycles. The lowest BCUT2D eigenvalue weighted by molar-refractivity contribution is -0.140. The van der Waals surface area contributed by atoms with Crippen molar-refractivity contribution in [3.63, 3.8) is 0 Å². The molecule has 3 rings (SSSR count). The van der Waals surface area contributed by atoms with Gasteiger partial charge in [-0.05, 0) is 36.1 Å². The SMILES string of the molecule is Cc1cc2cc(c1)C(CO)NC(=O)C(=O)NC(CO)c1cc(C)cc(c1)C(CO)NC(=O)C(=O)NC2CO. The summed E-state index contributed by atoms with van der Waals surface area (Å²) in [6.45, 7) is 1.19. The van der Waals surface area contributed by atoms with E-state index in [9.17, 15) is 39.6 Å². The third-order valence-corrected chi connectivity index (χ3v) is 6.22. The summed E-state index contributed by atoms with van der Waals surface area (Å²) in [5, 5.41) is 49.6. The molecule has 204 valence electrons. The van der Waals surface area contributed by atoms with Crippen molar-refractivity contribution in [1.29, 1.82) is 0 Å². The molecule has 0 saturated heterocycles. The van der Waals surface area contributed by atoms with Crippen LogP contribution in [0, 0.1) is 13.8 Å². The molecule has 0 aromatic heterocycles. The highest BCUT2D eigenvalue weighted by Crippen LogP contribution is 2.24. The van der Waals surface area contributed by atoms with Gasteiger partial charge in [0, 0.05) is 0 Å². The summed E-state index contributed by atoms with van der Waals surface area (Å²) >= 11 is 0. The van der Waals surface area contributed by atoms with Gasteiger partial charge in [0.05, 0.1) is 50.6 Å². The van der Waals surface area contributed by atoms with E-state index in [2.05, 4.69) is 21.3 Å². The van der Waals surface area contributed by atoms with Gasteiger partial charge in [0.2, 0.25) is 0 Å². The second-order valence-electron chi connectivity index (χ2n) is 9.19. The molecule has 1 aliphatic rings. The molecular weight excluding hydrogens is 496 g/mol. The van der Waals surface area contributed by atoms with Crippen LogP contribution in [-0.2, 0) is 19.2 Å². The number of carbonyl (C=O) groups excluding carboxylic acids is 4. The Hall–Kier alpha value is -3.84. The van der Waals surface area contributed by atoms with E-state index in [1.54, 1.807) is 38.1 Å². The van der Waals surface area contributed by atoms with Crippen LogP contribution in [-0.4, -0.2) is 70.5 Å². The van der Waals surface area contributed by atoms with Gasteiger partial charge in [-0.15, -0.1) is 0 Å². The van der Waals surface area contributed by atoms with E-state index in [1.807, 2.05) is 0 Å². The zero-order valence-corrected chi connectivity index (χ0v) is 21.0. The van der Waals surface area contributed by atoms with Crippen LogP contribution in [0.1, 0.15) is 57.5 Å². The third-order valence-electron chi connectivity index (χ3n) is 6.22. The Morgan fingerprint density at radius 3 is 0.868 bits per heavy atom. The predicted molar refractivity (Wildman–Crippen MR) is 134 cm³/mol. The van der Waals surface area contributed by atoms with E-state index in [0.717, 1.165) is 0 Å². The first kappa shape index (κ1) is 28.7. The molecule has 0 aliphatic carbocycles. The Labute approximate surface area is 219 Å². The molecule has 0 radical (unpaired) electrons. The first-order valence-corrected chi connectivity index (χ1v) is 12.0. The van der Waals surface area contributed by atoms with Crippen LogP contribution in [0.5, 0.6) is 0 Å². The number of hydrogen-bond acceptors (Lipinski definition) is 8. The Morgan fingerprint density at radius 2 is 0.684 bits per heavy atom. The molecule has 4 unspecified atom stereocenters. The predicted octanol–water partition coefficient (Wildman–Crippen LogP) is -1.38. The highest BCUT2D eigenvalue weighted by molar-refractivity contribution is 6.35. The quantitative estimate of drug-likeness (QED) is 0.222. The van der Waals surface area contributed by atoms with Gasteiger partial charge in [0.25, 0.3) is 0 Å². The van der Waals surface area contributed by atoms with Gasteiger partial charge in [0.1, 0.15) is 0 Å². The van der Waals surface area contributed by atoms with Crippen molar-refractivity contribution in [3.8, 4) is 0 Å². The number of hydrogen-bond donors (Lipinski definition) is 8. The van der Waals surface area contributed by atoms with Crippen LogP contribution in [0.15, 0.2) is 36.4 Å². The minimum atomic E-state index is -1.05. The number of aliphatic hydroxyl groups is 4. The molecule has 1 heterocycles. The maximum atomic E-state index is 12.7. The summed E-state index contributed by atoms with van der Waals surface area (Å²) in [5.41, 5.74) is 2.90. The molecule has 4 atom stereocenters. The van der Waals surface area contributed by atoms with E-state index in [-0.39, 0.29) is 0 Å². The van der Waals surface area contributed by atoms with Crippen molar-refractivity contribution in [2.75, 3.05) is 26.4 Å². The number of nitrogens with one attached hydrogen (secondary N) is 4. The summed E-state index contributed by atoms with van der Waals surface area (Å²) in [5.74, 6) is -4.20. The van der Waals surface area contributed by atoms with Gasteiger partial charge >= 0.3 is 23.6 Å². The normalized spacial score (nSPS) is 22.9. The molecule has 4 bridgehead atoms. The van der Waals surface area contributed by atoms with Gasteiger partial charge < -0.3 is 41.7 Å². The van der Waals surface area contributed by atoms with E-state index in [0.29, 0.717) is 33.4 Å². The van der Waals surface area contributed by atoms with Crippen molar-refractivity contribution < 1.29 is 39.6 Å². The molecule has 2 aromatic rings. The van der Waals surface area contributed by atoms with E-state index < -0.39 is 74.2 Å². The van der Waals surface area contributed by atoms with Gasteiger partial charge in [-0.3, -0.25) is 19.2 Å². The lowest BCUT2D eigenvalue weighted by Crippen LogP contribution is -2.45. The van der Waals surface area contributed by atoms with Crippen LogP contribution in [0.25, 0.3) is 0 Å². The number of rotatable bonds is 4. The Morgan fingerprint density at radius 1 is 0.474 bits per heavy atom. The molecule has 38 heavy (non-hydrogen) atoms. The molecule has 0 fully saturated rings. The summed E-state index contributed by atoms with van der Waals surface area (Å²) in [4.78, 5) is 50.9. The fourth-order valence-corrected chi connectivity index (χ4v) is 4.32. The largest absolute Gasteiger partial charge is 0.394 e. The number of fused-ring (bicyclic) bond motifs is 4. The standard InChI is InChI=1S/C26H32N4O8/c1-13-3-15-7-16(4-13)20(10-32)28-24(36)26(38)30-22(12-34)18-6-14(2)5-17(8-18)21(11-33)29-25(37)23(35)27-19(15)9-31/h3-8,19-22,31-34H,9-12H2,1-2H3,(H,27,35)(H,28,36)(H,29,37)(H,30,38). The summed E-state index contributed by atoms with van der Waals surface area (Å²) < 4.78 is 0. The molecule has 2 aromatic carbocycles. The van der Waals surface area contributed by atoms with E-state index >= 15 is 0 Å². The molecule has 1 aliphatic heterocycles.